The third-order valence-corrected chi connectivity index (χ3v) is 4.13. The van der Waals surface area contributed by atoms with Crippen LogP contribution in [0.2, 0.25) is 0 Å². The number of rotatable bonds is 3. The molecule has 0 bridgehead atoms. The maximum Gasteiger partial charge on any atom is 0.151 e. The van der Waals surface area contributed by atoms with Crippen molar-refractivity contribution >= 4 is 18.0 Å². The number of hydrogen-bond donors (Lipinski definition) is 0. The summed E-state index contributed by atoms with van der Waals surface area (Å²) in [6.07, 6.45) is 6.11. The summed E-state index contributed by atoms with van der Waals surface area (Å²) in [6.45, 7) is 0. The van der Waals surface area contributed by atoms with E-state index >= 15 is 0 Å². The van der Waals surface area contributed by atoms with Gasteiger partial charge in [-0.15, -0.1) is 0 Å². The highest BCUT2D eigenvalue weighted by Crippen LogP contribution is 2.30. The molecule has 0 unspecified atom stereocenters. The van der Waals surface area contributed by atoms with Gasteiger partial charge in [-0.05, 0) is 54.7 Å². The molecule has 0 spiro atoms. The number of benzene rings is 1. The molecule has 1 aliphatic rings. The van der Waals surface area contributed by atoms with Crippen molar-refractivity contribution in [3.8, 4) is 0 Å². The van der Waals surface area contributed by atoms with E-state index in [1.165, 1.54) is 35.3 Å². The van der Waals surface area contributed by atoms with E-state index in [-0.39, 0.29) is 0 Å². The fraction of sp³-hybridized carbons (Fsp3) is 0.200. The van der Waals surface area contributed by atoms with Gasteiger partial charge in [0.05, 0.1) is 0 Å². The number of pyridine rings is 1. The smallest absolute Gasteiger partial charge is 0.151 e. The average Bonchev–Trinajstić information content (AvgIpc) is 2.87. The Hall–Kier alpha value is -1.61. The van der Waals surface area contributed by atoms with Gasteiger partial charge in [-0.2, -0.15) is 0 Å². The van der Waals surface area contributed by atoms with Gasteiger partial charge in [0.1, 0.15) is 5.03 Å². The monoisotopic (exact) mass is 255 g/mol. The van der Waals surface area contributed by atoms with E-state index in [0.717, 1.165) is 11.3 Å². The van der Waals surface area contributed by atoms with Crippen molar-refractivity contribution in [2.24, 2.45) is 0 Å². The largest absolute Gasteiger partial charge is 0.298 e. The summed E-state index contributed by atoms with van der Waals surface area (Å²) in [7, 11) is 0. The lowest BCUT2D eigenvalue weighted by atomic mass is 10.1. The van der Waals surface area contributed by atoms with Crippen molar-refractivity contribution in [1.29, 1.82) is 0 Å². The maximum absolute atomic E-state index is 10.6. The van der Waals surface area contributed by atoms with Crippen LogP contribution in [0.25, 0.3) is 0 Å². The van der Waals surface area contributed by atoms with E-state index in [2.05, 4.69) is 23.2 Å². The molecule has 1 aliphatic carbocycles. The van der Waals surface area contributed by atoms with E-state index in [0.29, 0.717) is 5.56 Å². The van der Waals surface area contributed by atoms with Crippen molar-refractivity contribution in [3.05, 3.63) is 53.2 Å². The highest BCUT2D eigenvalue weighted by Gasteiger charge is 2.11. The Morgan fingerprint density at radius 2 is 2.00 bits per heavy atom. The van der Waals surface area contributed by atoms with E-state index in [1.807, 2.05) is 6.07 Å². The van der Waals surface area contributed by atoms with E-state index < -0.39 is 0 Å². The minimum atomic E-state index is 0.619. The molecule has 0 aliphatic heterocycles. The van der Waals surface area contributed by atoms with Gasteiger partial charge in [-0.25, -0.2) is 4.98 Å². The number of aromatic nitrogens is 1. The van der Waals surface area contributed by atoms with Crippen molar-refractivity contribution in [3.63, 3.8) is 0 Å². The number of aldehydes is 1. The Labute approximate surface area is 110 Å². The number of nitrogens with zero attached hydrogens (tertiary/aromatic N) is 1. The van der Waals surface area contributed by atoms with E-state index in [1.54, 1.807) is 24.0 Å². The third-order valence-electron chi connectivity index (χ3n) is 3.19. The first-order valence-corrected chi connectivity index (χ1v) is 6.88. The van der Waals surface area contributed by atoms with Crippen molar-refractivity contribution in [1.82, 2.24) is 4.98 Å². The predicted octanol–water partition coefficient (Wildman–Crippen LogP) is 3.53. The van der Waals surface area contributed by atoms with Crippen molar-refractivity contribution < 1.29 is 4.79 Å². The minimum absolute atomic E-state index is 0.619. The van der Waals surface area contributed by atoms with E-state index in [4.69, 9.17) is 0 Å². The summed E-state index contributed by atoms with van der Waals surface area (Å²) in [4.78, 5) is 16.1. The normalized spacial score (nSPS) is 13.3. The van der Waals surface area contributed by atoms with Gasteiger partial charge in [0.15, 0.2) is 6.29 Å². The second-order valence-electron chi connectivity index (χ2n) is 4.43. The molecule has 2 nitrogen and oxygen atoms in total. The van der Waals surface area contributed by atoms with Crippen LogP contribution in [-0.2, 0) is 12.8 Å². The van der Waals surface area contributed by atoms with Gasteiger partial charge < -0.3 is 0 Å². The number of fused-ring (bicyclic) bond motifs is 1. The lowest BCUT2D eigenvalue weighted by molar-refractivity contribution is 0.112. The maximum atomic E-state index is 10.6. The van der Waals surface area contributed by atoms with Gasteiger partial charge in [0, 0.05) is 16.7 Å². The molecule has 0 amide bonds. The summed E-state index contributed by atoms with van der Waals surface area (Å²) in [5.41, 5.74) is 3.58. The van der Waals surface area contributed by atoms with Crippen LogP contribution < -0.4 is 0 Å². The van der Waals surface area contributed by atoms with Gasteiger partial charge in [-0.3, -0.25) is 4.79 Å². The average molecular weight is 255 g/mol. The molecular formula is C15H13NOS. The van der Waals surface area contributed by atoms with Gasteiger partial charge in [-0.1, -0.05) is 17.8 Å². The molecule has 0 saturated carbocycles. The number of carbonyl (C=O) groups excluding carboxylic acids is 1. The SMILES string of the molecule is O=Cc1ccc(Sc2ccc3c(c2)CCC3)nc1. The minimum Gasteiger partial charge on any atom is -0.298 e. The molecule has 90 valence electrons. The van der Waals surface area contributed by atoms with Crippen LogP contribution in [0.1, 0.15) is 27.9 Å². The Balaban J connectivity index is 1.81. The van der Waals surface area contributed by atoms with Crippen LogP contribution in [-0.4, -0.2) is 11.3 Å². The zero-order valence-corrected chi connectivity index (χ0v) is 10.7. The quantitative estimate of drug-likeness (QED) is 0.786. The molecule has 1 heterocycles. The van der Waals surface area contributed by atoms with Crippen LogP contribution >= 0.6 is 11.8 Å². The van der Waals surface area contributed by atoms with Crippen LogP contribution in [0.4, 0.5) is 0 Å². The second-order valence-corrected chi connectivity index (χ2v) is 5.53. The summed E-state index contributed by atoms with van der Waals surface area (Å²) >= 11 is 1.65. The Bertz CT molecular complexity index is 578. The van der Waals surface area contributed by atoms with Crippen molar-refractivity contribution in [2.45, 2.75) is 29.2 Å². The first-order chi connectivity index (χ1) is 8.85. The topological polar surface area (TPSA) is 30.0 Å². The molecule has 3 rings (SSSR count). The molecule has 0 radical (unpaired) electrons. The summed E-state index contributed by atoms with van der Waals surface area (Å²) < 4.78 is 0. The standard InChI is InChI=1S/C15H13NOS/c17-10-11-4-7-15(16-9-11)18-14-6-5-12-2-1-3-13(12)8-14/h4-10H,1-3H2. The lowest BCUT2D eigenvalue weighted by Gasteiger charge is -2.04. The third kappa shape index (κ3) is 2.31. The van der Waals surface area contributed by atoms with Gasteiger partial charge >= 0.3 is 0 Å². The van der Waals surface area contributed by atoms with Crippen LogP contribution in [0, 0.1) is 0 Å². The summed E-state index contributed by atoms with van der Waals surface area (Å²) in [5, 5.41) is 0.929. The first-order valence-electron chi connectivity index (χ1n) is 6.06. The molecule has 0 atom stereocenters. The van der Waals surface area contributed by atoms with Crippen LogP contribution in [0.5, 0.6) is 0 Å². The van der Waals surface area contributed by atoms with Gasteiger partial charge in [0.2, 0.25) is 0 Å². The van der Waals surface area contributed by atoms with Crippen LogP contribution in [0.15, 0.2) is 46.5 Å². The molecule has 0 N–H and O–H groups in total. The predicted molar refractivity (Wildman–Crippen MR) is 72.2 cm³/mol. The summed E-state index contributed by atoms with van der Waals surface area (Å²) in [5.74, 6) is 0. The van der Waals surface area contributed by atoms with Crippen molar-refractivity contribution in [2.75, 3.05) is 0 Å². The fourth-order valence-corrected chi connectivity index (χ4v) is 3.07. The Morgan fingerprint density at radius 3 is 2.78 bits per heavy atom. The Morgan fingerprint density at radius 1 is 1.11 bits per heavy atom. The molecule has 3 heteroatoms. The highest BCUT2D eigenvalue weighted by atomic mass is 32.2. The molecule has 1 aromatic carbocycles. The molecular weight excluding hydrogens is 242 g/mol. The zero-order chi connectivity index (χ0) is 12.4. The summed E-state index contributed by atoms with van der Waals surface area (Å²) in [6, 6.07) is 10.3. The lowest BCUT2D eigenvalue weighted by Crippen LogP contribution is -1.86. The van der Waals surface area contributed by atoms with Crippen LogP contribution in [0.3, 0.4) is 0 Å². The molecule has 0 saturated heterocycles. The Kier molecular flexibility index (Phi) is 3.15. The fourth-order valence-electron chi connectivity index (χ4n) is 2.25. The first kappa shape index (κ1) is 11.5. The highest BCUT2D eigenvalue weighted by molar-refractivity contribution is 7.99. The van der Waals surface area contributed by atoms with Gasteiger partial charge in [0.25, 0.3) is 0 Å². The second kappa shape index (κ2) is 4.94. The van der Waals surface area contributed by atoms with E-state index in [9.17, 15) is 4.79 Å². The molecule has 1 aromatic heterocycles. The number of hydrogen-bond acceptors (Lipinski definition) is 3. The number of aryl methyl sites for hydroxylation is 2. The molecule has 0 fully saturated rings. The molecule has 2 aromatic rings. The molecule has 18 heavy (non-hydrogen) atoms. The zero-order valence-electron chi connectivity index (χ0n) is 9.93. The number of carbonyl (C=O) groups is 1.